The first-order chi connectivity index (χ1) is 19.3. The summed E-state index contributed by atoms with van der Waals surface area (Å²) in [5.74, 6) is 0. The normalized spacial score (nSPS) is 14.6. The van der Waals surface area contributed by atoms with E-state index in [-0.39, 0.29) is 17.5 Å². The molecule has 0 saturated carbocycles. The maximum Gasteiger partial charge on any atom is 0.0629 e. The summed E-state index contributed by atoms with van der Waals surface area (Å²) in [6.07, 6.45) is 0. The predicted molar refractivity (Wildman–Crippen MR) is 164 cm³/mol. The summed E-state index contributed by atoms with van der Waals surface area (Å²) in [4.78, 5) is 2.27. The highest BCUT2D eigenvalue weighted by molar-refractivity contribution is 5.84. The average Bonchev–Trinajstić information content (AvgIpc) is 3.21. The Bertz CT molecular complexity index is 1720. The van der Waals surface area contributed by atoms with Gasteiger partial charge in [-0.1, -0.05) is 117 Å². The van der Waals surface area contributed by atoms with Gasteiger partial charge in [-0.05, 0) is 82.6 Å². The van der Waals surface area contributed by atoms with Crippen molar-refractivity contribution in [1.82, 2.24) is 0 Å². The van der Waals surface area contributed by atoms with Crippen molar-refractivity contribution < 1.29 is 2.74 Å². The van der Waals surface area contributed by atoms with E-state index < -0.39 is 0 Å². The Hall–Kier alpha value is -4.36. The highest BCUT2D eigenvalue weighted by atomic mass is 15.1. The van der Waals surface area contributed by atoms with Gasteiger partial charge in [-0.3, -0.25) is 0 Å². The van der Waals surface area contributed by atoms with Crippen molar-refractivity contribution in [2.24, 2.45) is 0 Å². The van der Waals surface area contributed by atoms with Gasteiger partial charge < -0.3 is 4.90 Å². The largest absolute Gasteiger partial charge is 0.310 e. The number of hydrogen-bond acceptors (Lipinski definition) is 1. The fourth-order valence-corrected chi connectivity index (χ4v) is 5.66. The molecule has 1 nitrogen and oxygen atoms in total. The molecule has 0 saturated heterocycles. The van der Waals surface area contributed by atoms with Crippen LogP contribution >= 0.6 is 0 Å². The Balaban J connectivity index is 1.38. The standard InChI is InChI=1S/C37H33N/c1-26-11-5-9-15-35(26)38(36-16-10-6-12-27(36)2)30-22-19-28(20-23-30)17-18-29-21-24-32-31-13-7-8-14-33(31)37(3,4)34(32)25-29/h5-25H,1-4H3/b18-17+/i17D,18D. The number of hydrogen-bond donors (Lipinski definition) is 0. The van der Waals surface area contributed by atoms with E-state index in [0.29, 0.717) is 0 Å². The van der Waals surface area contributed by atoms with Gasteiger partial charge in [-0.25, -0.2) is 0 Å². The molecule has 0 aliphatic heterocycles. The van der Waals surface area contributed by atoms with Gasteiger partial charge in [0.15, 0.2) is 0 Å². The van der Waals surface area contributed by atoms with E-state index in [2.05, 4.69) is 130 Å². The SMILES string of the molecule is [2H]/C(=C(/[2H])c1ccc2c(c1)C(C)(C)c1ccccc1-2)c1ccc(N(c2ccccc2C)c2ccccc2C)cc1. The zero-order valence-electron chi connectivity index (χ0n) is 24.4. The first-order valence-corrected chi connectivity index (χ1v) is 13.2. The zero-order valence-corrected chi connectivity index (χ0v) is 22.4. The molecule has 0 fully saturated rings. The van der Waals surface area contributed by atoms with Crippen molar-refractivity contribution in [2.45, 2.75) is 33.1 Å². The molecule has 0 atom stereocenters. The Morgan fingerprint density at radius 1 is 0.579 bits per heavy atom. The van der Waals surface area contributed by atoms with Crippen LogP contribution in [0.3, 0.4) is 0 Å². The van der Waals surface area contributed by atoms with Crippen LogP contribution < -0.4 is 4.90 Å². The van der Waals surface area contributed by atoms with Gasteiger partial charge in [0.2, 0.25) is 0 Å². The second kappa shape index (κ2) is 9.50. The lowest BCUT2D eigenvalue weighted by Gasteiger charge is -2.28. The van der Waals surface area contributed by atoms with Gasteiger partial charge in [-0.2, -0.15) is 0 Å². The molecule has 38 heavy (non-hydrogen) atoms. The van der Waals surface area contributed by atoms with Crippen LogP contribution in [-0.2, 0) is 5.41 Å². The van der Waals surface area contributed by atoms with Gasteiger partial charge >= 0.3 is 0 Å². The second-order valence-electron chi connectivity index (χ2n) is 10.6. The molecule has 5 aromatic rings. The van der Waals surface area contributed by atoms with E-state index in [4.69, 9.17) is 2.74 Å². The fraction of sp³-hybridized carbons (Fsp3) is 0.135. The van der Waals surface area contributed by atoms with Crippen molar-refractivity contribution in [3.63, 3.8) is 0 Å². The molecule has 1 heteroatoms. The zero-order chi connectivity index (χ0) is 28.0. The van der Waals surface area contributed by atoms with Crippen LogP contribution in [0.15, 0.2) is 115 Å². The van der Waals surface area contributed by atoms with Crippen LogP contribution in [0, 0.1) is 13.8 Å². The summed E-state index contributed by atoms with van der Waals surface area (Å²) < 4.78 is 17.9. The molecule has 1 aliphatic rings. The highest BCUT2D eigenvalue weighted by Gasteiger charge is 2.34. The minimum atomic E-state index is -0.138. The van der Waals surface area contributed by atoms with Crippen LogP contribution in [0.5, 0.6) is 0 Å². The molecule has 0 heterocycles. The number of nitrogens with zero attached hydrogens (tertiary/aromatic N) is 1. The summed E-state index contributed by atoms with van der Waals surface area (Å²) in [5.41, 5.74) is 12.0. The van der Waals surface area contributed by atoms with Gasteiger partial charge in [0.1, 0.15) is 0 Å². The van der Waals surface area contributed by atoms with E-state index in [0.717, 1.165) is 28.2 Å². The first kappa shape index (κ1) is 21.7. The van der Waals surface area contributed by atoms with Crippen molar-refractivity contribution in [2.75, 3.05) is 4.90 Å². The number of benzene rings is 5. The number of para-hydroxylation sites is 2. The Morgan fingerprint density at radius 2 is 1.11 bits per heavy atom. The Morgan fingerprint density at radius 3 is 1.76 bits per heavy atom. The van der Waals surface area contributed by atoms with Gasteiger partial charge in [0, 0.05) is 22.5 Å². The maximum atomic E-state index is 8.95. The third-order valence-electron chi connectivity index (χ3n) is 7.77. The number of anilines is 3. The molecular weight excluding hydrogens is 458 g/mol. The molecular formula is C37H33N. The Labute approximate surface area is 229 Å². The maximum absolute atomic E-state index is 8.95. The molecule has 0 spiro atoms. The van der Waals surface area contributed by atoms with Crippen LogP contribution in [0.25, 0.3) is 23.2 Å². The van der Waals surface area contributed by atoms with Crippen molar-refractivity contribution in [3.8, 4) is 11.1 Å². The molecule has 0 bridgehead atoms. The smallest absolute Gasteiger partial charge is 0.0629 e. The fourth-order valence-electron chi connectivity index (χ4n) is 5.66. The summed E-state index contributed by atoms with van der Waals surface area (Å²) in [7, 11) is 0. The highest BCUT2D eigenvalue weighted by Crippen LogP contribution is 2.48. The summed E-state index contributed by atoms with van der Waals surface area (Å²) in [6, 6.07) is 40.0. The van der Waals surface area contributed by atoms with E-state index in [1.165, 1.54) is 33.4 Å². The molecule has 186 valence electrons. The molecule has 0 radical (unpaired) electrons. The van der Waals surface area contributed by atoms with E-state index in [1.54, 1.807) is 0 Å². The lowest BCUT2D eigenvalue weighted by atomic mass is 9.82. The quantitative estimate of drug-likeness (QED) is 0.220. The molecule has 0 amide bonds. The topological polar surface area (TPSA) is 3.24 Å². The minimum absolute atomic E-state index is 0.138. The molecule has 0 aromatic heterocycles. The van der Waals surface area contributed by atoms with E-state index in [9.17, 15) is 0 Å². The number of aryl methyl sites for hydroxylation is 2. The summed E-state index contributed by atoms with van der Waals surface area (Å²) in [6.45, 7) is 8.73. The number of rotatable bonds is 5. The monoisotopic (exact) mass is 493 g/mol. The lowest BCUT2D eigenvalue weighted by molar-refractivity contribution is 0.660. The number of fused-ring (bicyclic) bond motifs is 3. The van der Waals surface area contributed by atoms with Gasteiger partial charge in [-0.15, -0.1) is 0 Å². The Kier molecular flexibility index (Phi) is 5.43. The van der Waals surface area contributed by atoms with E-state index >= 15 is 0 Å². The molecule has 0 N–H and O–H groups in total. The van der Waals surface area contributed by atoms with Gasteiger partial charge in [0.25, 0.3) is 0 Å². The molecule has 1 aliphatic carbocycles. The summed E-state index contributed by atoms with van der Waals surface area (Å²) >= 11 is 0. The third-order valence-corrected chi connectivity index (χ3v) is 7.77. The second-order valence-corrected chi connectivity index (χ2v) is 10.6. The van der Waals surface area contributed by atoms with E-state index in [1.807, 2.05) is 18.2 Å². The molecule has 5 aromatic carbocycles. The van der Waals surface area contributed by atoms with Gasteiger partial charge in [0.05, 0.1) is 2.74 Å². The van der Waals surface area contributed by atoms with Crippen LogP contribution in [0.2, 0.25) is 0 Å². The van der Waals surface area contributed by atoms with Crippen molar-refractivity contribution in [3.05, 3.63) is 149 Å². The first-order valence-electron chi connectivity index (χ1n) is 14.2. The van der Waals surface area contributed by atoms with Crippen LogP contribution in [-0.4, -0.2) is 0 Å². The van der Waals surface area contributed by atoms with Crippen LogP contribution in [0.1, 0.15) is 50.0 Å². The molecule has 0 unspecified atom stereocenters. The van der Waals surface area contributed by atoms with Crippen LogP contribution in [0.4, 0.5) is 17.1 Å². The average molecular weight is 494 g/mol. The van der Waals surface area contributed by atoms with Crippen molar-refractivity contribution >= 4 is 29.2 Å². The predicted octanol–water partition coefficient (Wildman–Crippen LogP) is 10.2. The lowest BCUT2D eigenvalue weighted by Crippen LogP contribution is -2.14. The third kappa shape index (κ3) is 4.15. The minimum Gasteiger partial charge on any atom is -0.310 e. The molecule has 6 rings (SSSR count). The van der Waals surface area contributed by atoms with Crippen molar-refractivity contribution in [1.29, 1.82) is 0 Å². The summed E-state index contributed by atoms with van der Waals surface area (Å²) in [5, 5.41) is 0.